The van der Waals surface area contributed by atoms with Gasteiger partial charge in [-0.2, -0.15) is 5.10 Å². The monoisotopic (exact) mass is 245 g/mol. The van der Waals surface area contributed by atoms with E-state index in [-0.39, 0.29) is 0 Å². The fraction of sp³-hybridized carbons (Fsp3) is 0.357. The summed E-state index contributed by atoms with van der Waals surface area (Å²) in [5, 5.41) is 10.3. The van der Waals surface area contributed by atoms with Crippen LogP contribution in [-0.4, -0.2) is 24.4 Å². The lowest BCUT2D eigenvalue weighted by molar-refractivity contribution is 0.411. The molecule has 0 bridgehead atoms. The van der Waals surface area contributed by atoms with E-state index in [9.17, 15) is 0 Å². The number of benzene rings is 1. The molecule has 2 rings (SSSR count). The van der Waals surface area contributed by atoms with E-state index in [1.807, 2.05) is 13.1 Å². The standard InChI is InChI=1S/C14H19N3O/c1-8-6-12(18-5)9(2)10(3)14(8)11-7-13(15-4)17-16-11/h6-7H,1-5H3,(H2,15,16,17). The summed E-state index contributed by atoms with van der Waals surface area (Å²) in [4.78, 5) is 0. The number of nitrogens with one attached hydrogen (secondary N) is 2. The number of hydrogen-bond donors (Lipinski definition) is 2. The fourth-order valence-corrected chi connectivity index (χ4v) is 2.25. The van der Waals surface area contributed by atoms with Crippen LogP contribution in [0.15, 0.2) is 12.1 Å². The van der Waals surface area contributed by atoms with Gasteiger partial charge in [0.05, 0.1) is 12.8 Å². The number of hydrogen-bond acceptors (Lipinski definition) is 3. The Morgan fingerprint density at radius 1 is 1.17 bits per heavy atom. The quantitative estimate of drug-likeness (QED) is 0.873. The van der Waals surface area contributed by atoms with Gasteiger partial charge in [0.2, 0.25) is 0 Å². The summed E-state index contributed by atoms with van der Waals surface area (Å²) in [7, 11) is 3.56. The smallest absolute Gasteiger partial charge is 0.148 e. The van der Waals surface area contributed by atoms with Crippen molar-refractivity contribution in [3.8, 4) is 17.0 Å². The Morgan fingerprint density at radius 3 is 2.44 bits per heavy atom. The Balaban J connectivity index is 2.60. The van der Waals surface area contributed by atoms with Crippen LogP contribution in [0.4, 0.5) is 5.82 Å². The third-order valence-corrected chi connectivity index (χ3v) is 3.37. The van der Waals surface area contributed by atoms with E-state index in [0.717, 1.165) is 17.3 Å². The molecule has 0 atom stereocenters. The van der Waals surface area contributed by atoms with E-state index in [2.05, 4.69) is 42.4 Å². The molecular formula is C14H19N3O. The molecule has 1 aromatic heterocycles. The Hall–Kier alpha value is -1.97. The van der Waals surface area contributed by atoms with Crippen molar-refractivity contribution in [1.29, 1.82) is 0 Å². The van der Waals surface area contributed by atoms with Crippen molar-refractivity contribution in [2.24, 2.45) is 0 Å². The van der Waals surface area contributed by atoms with Crippen LogP contribution < -0.4 is 10.1 Å². The second-order valence-corrected chi connectivity index (χ2v) is 4.44. The normalized spacial score (nSPS) is 10.5. The van der Waals surface area contributed by atoms with Crippen LogP contribution in [0.25, 0.3) is 11.3 Å². The van der Waals surface area contributed by atoms with Crippen LogP contribution in [0.5, 0.6) is 5.75 Å². The highest BCUT2D eigenvalue weighted by Crippen LogP contribution is 2.34. The number of anilines is 1. The van der Waals surface area contributed by atoms with Crippen LogP contribution in [-0.2, 0) is 0 Å². The largest absolute Gasteiger partial charge is 0.496 e. The predicted octanol–water partition coefficient (Wildman–Crippen LogP) is 3.05. The molecule has 2 N–H and O–H groups in total. The number of methoxy groups -OCH3 is 1. The van der Waals surface area contributed by atoms with Gasteiger partial charge in [-0.05, 0) is 43.5 Å². The molecule has 0 saturated heterocycles. The second-order valence-electron chi connectivity index (χ2n) is 4.44. The van der Waals surface area contributed by atoms with Crippen molar-refractivity contribution >= 4 is 5.82 Å². The zero-order chi connectivity index (χ0) is 13.3. The summed E-state index contributed by atoms with van der Waals surface area (Å²) in [5.41, 5.74) is 5.79. The number of nitrogens with zero attached hydrogens (tertiary/aromatic N) is 1. The molecule has 1 aromatic carbocycles. The molecule has 0 saturated carbocycles. The number of aromatic amines is 1. The van der Waals surface area contributed by atoms with Gasteiger partial charge in [0.1, 0.15) is 11.6 Å². The summed E-state index contributed by atoms with van der Waals surface area (Å²) in [6, 6.07) is 4.08. The first-order valence-electron chi connectivity index (χ1n) is 5.96. The fourth-order valence-electron chi connectivity index (χ4n) is 2.25. The second kappa shape index (κ2) is 4.72. The molecule has 18 heavy (non-hydrogen) atoms. The Labute approximate surface area is 107 Å². The van der Waals surface area contributed by atoms with E-state index in [4.69, 9.17) is 4.74 Å². The van der Waals surface area contributed by atoms with Gasteiger partial charge in [0.25, 0.3) is 0 Å². The van der Waals surface area contributed by atoms with Gasteiger partial charge in [0, 0.05) is 18.7 Å². The van der Waals surface area contributed by atoms with Gasteiger partial charge in [0.15, 0.2) is 0 Å². The average Bonchev–Trinajstić information content (AvgIpc) is 2.82. The number of aryl methyl sites for hydroxylation is 1. The zero-order valence-electron chi connectivity index (χ0n) is 11.5. The lowest BCUT2D eigenvalue weighted by atomic mass is 9.95. The SMILES string of the molecule is CNc1cc(-c2c(C)cc(OC)c(C)c2C)[nH]n1. The average molecular weight is 245 g/mol. The van der Waals surface area contributed by atoms with Gasteiger partial charge in [-0.25, -0.2) is 0 Å². The molecule has 0 aliphatic carbocycles. The van der Waals surface area contributed by atoms with Crippen LogP contribution in [0.1, 0.15) is 16.7 Å². The van der Waals surface area contributed by atoms with Crippen molar-refractivity contribution in [3.63, 3.8) is 0 Å². The maximum Gasteiger partial charge on any atom is 0.148 e. The summed E-state index contributed by atoms with van der Waals surface area (Å²) in [6.45, 7) is 6.27. The van der Waals surface area contributed by atoms with E-state index in [1.165, 1.54) is 22.3 Å². The van der Waals surface area contributed by atoms with Crippen LogP contribution >= 0.6 is 0 Å². The highest BCUT2D eigenvalue weighted by atomic mass is 16.5. The third-order valence-electron chi connectivity index (χ3n) is 3.37. The van der Waals surface area contributed by atoms with Crippen molar-refractivity contribution < 1.29 is 4.74 Å². The molecular weight excluding hydrogens is 226 g/mol. The number of rotatable bonds is 3. The third kappa shape index (κ3) is 1.94. The lowest BCUT2D eigenvalue weighted by Gasteiger charge is -2.14. The minimum Gasteiger partial charge on any atom is -0.496 e. The first kappa shape index (κ1) is 12.5. The molecule has 96 valence electrons. The molecule has 4 heteroatoms. The van der Waals surface area contributed by atoms with Gasteiger partial charge >= 0.3 is 0 Å². The molecule has 4 nitrogen and oxygen atoms in total. The maximum absolute atomic E-state index is 5.39. The first-order valence-corrected chi connectivity index (χ1v) is 5.96. The summed E-state index contributed by atoms with van der Waals surface area (Å²) in [5.74, 6) is 1.78. The molecule has 0 aliphatic heterocycles. The highest BCUT2D eigenvalue weighted by Gasteiger charge is 2.14. The van der Waals surface area contributed by atoms with Crippen molar-refractivity contribution in [2.75, 3.05) is 19.5 Å². The molecule has 2 aromatic rings. The van der Waals surface area contributed by atoms with E-state index >= 15 is 0 Å². The Kier molecular flexibility index (Phi) is 3.28. The van der Waals surface area contributed by atoms with E-state index < -0.39 is 0 Å². The number of H-pyrrole nitrogens is 1. The highest BCUT2D eigenvalue weighted by molar-refractivity contribution is 5.72. The molecule has 0 amide bonds. The minimum absolute atomic E-state index is 0.845. The Morgan fingerprint density at radius 2 is 1.89 bits per heavy atom. The van der Waals surface area contributed by atoms with Crippen molar-refractivity contribution in [2.45, 2.75) is 20.8 Å². The van der Waals surface area contributed by atoms with Gasteiger partial charge in [-0.1, -0.05) is 0 Å². The predicted molar refractivity (Wildman–Crippen MR) is 74.3 cm³/mol. The van der Waals surface area contributed by atoms with Gasteiger partial charge < -0.3 is 10.1 Å². The van der Waals surface area contributed by atoms with Crippen molar-refractivity contribution in [3.05, 3.63) is 28.8 Å². The van der Waals surface area contributed by atoms with Gasteiger partial charge in [-0.15, -0.1) is 0 Å². The van der Waals surface area contributed by atoms with Crippen LogP contribution in [0, 0.1) is 20.8 Å². The summed E-state index contributed by atoms with van der Waals surface area (Å²) in [6.07, 6.45) is 0. The van der Waals surface area contributed by atoms with E-state index in [1.54, 1.807) is 7.11 Å². The van der Waals surface area contributed by atoms with Gasteiger partial charge in [-0.3, -0.25) is 5.10 Å². The van der Waals surface area contributed by atoms with Crippen molar-refractivity contribution in [1.82, 2.24) is 10.2 Å². The minimum atomic E-state index is 0.845. The number of aromatic nitrogens is 2. The molecule has 0 unspecified atom stereocenters. The zero-order valence-corrected chi connectivity index (χ0v) is 11.5. The lowest BCUT2D eigenvalue weighted by Crippen LogP contribution is -1.96. The topological polar surface area (TPSA) is 49.9 Å². The molecule has 0 aliphatic rings. The number of ether oxygens (including phenoxy) is 1. The summed E-state index contributed by atoms with van der Waals surface area (Å²) >= 11 is 0. The summed E-state index contributed by atoms with van der Waals surface area (Å²) < 4.78 is 5.39. The van der Waals surface area contributed by atoms with Crippen LogP contribution in [0.3, 0.4) is 0 Å². The molecule has 1 heterocycles. The Bertz CT molecular complexity index is 573. The maximum atomic E-state index is 5.39. The first-order chi connectivity index (χ1) is 8.58. The molecule has 0 spiro atoms. The molecule has 0 radical (unpaired) electrons. The van der Waals surface area contributed by atoms with E-state index in [0.29, 0.717) is 0 Å². The van der Waals surface area contributed by atoms with Crippen LogP contribution in [0.2, 0.25) is 0 Å². The molecule has 0 fully saturated rings.